The summed E-state index contributed by atoms with van der Waals surface area (Å²) in [6.07, 6.45) is 2.62. The molecule has 8 nitrogen and oxygen atoms in total. The van der Waals surface area contributed by atoms with Crippen molar-refractivity contribution >= 4 is 15.8 Å². The van der Waals surface area contributed by atoms with Crippen LogP contribution in [0.5, 0.6) is 0 Å². The van der Waals surface area contributed by atoms with Gasteiger partial charge in [-0.05, 0) is 42.3 Å². The largest absolute Gasteiger partial charge is 0.384 e. The molecule has 1 atom stereocenters. The molecule has 0 unspecified atom stereocenters. The van der Waals surface area contributed by atoms with Crippen molar-refractivity contribution in [3.63, 3.8) is 0 Å². The van der Waals surface area contributed by atoms with E-state index in [9.17, 15) is 12.8 Å². The van der Waals surface area contributed by atoms with Crippen molar-refractivity contribution in [2.75, 3.05) is 25.4 Å². The van der Waals surface area contributed by atoms with Crippen LogP contribution in [0, 0.1) is 12.7 Å². The number of benzene rings is 1. The summed E-state index contributed by atoms with van der Waals surface area (Å²) in [5.41, 5.74) is 8.59. The van der Waals surface area contributed by atoms with E-state index >= 15 is 0 Å². The summed E-state index contributed by atoms with van der Waals surface area (Å²) < 4.78 is 47.4. The van der Waals surface area contributed by atoms with Crippen LogP contribution in [-0.2, 0) is 14.8 Å². The van der Waals surface area contributed by atoms with E-state index in [-0.39, 0.29) is 24.6 Å². The number of aromatic amines is 1. The molecule has 152 valence electrons. The maximum absolute atomic E-state index is 14.2. The van der Waals surface area contributed by atoms with Gasteiger partial charge in [0.2, 0.25) is 10.0 Å². The molecule has 1 aliphatic rings. The number of sulfonamides is 1. The van der Waals surface area contributed by atoms with Crippen LogP contribution < -0.4 is 5.73 Å². The number of morpholine rings is 1. The normalized spacial score (nSPS) is 18.1. The van der Waals surface area contributed by atoms with Crippen LogP contribution >= 0.6 is 0 Å². The van der Waals surface area contributed by atoms with E-state index < -0.39 is 21.9 Å². The lowest BCUT2D eigenvalue weighted by atomic mass is 10.0. The average molecular weight is 417 g/mol. The SMILES string of the molecule is Cc1ccc(F)c(S(=O)(=O)N2CCO[C@H](c3[nH]ncc3-c3ccnc(N)c3)C2)c1. The van der Waals surface area contributed by atoms with Crippen LogP contribution in [0.2, 0.25) is 0 Å². The van der Waals surface area contributed by atoms with E-state index in [1.807, 2.05) is 0 Å². The number of nitrogens with one attached hydrogen (secondary N) is 1. The Morgan fingerprint density at radius 1 is 1.31 bits per heavy atom. The van der Waals surface area contributed by atoms with Crippen LogP contribution in [0.25, 0.3) is 11.1 Å². The second-order valence-corrected chi connectivity index (χ2v) is 8.73. The molecule has 10 heteroatoms. The summed E-state index contributed by atoms with van der Waals surface area (Å²) in [4.78, 5) is 3.65. The Bertz CT molecular complexity index is 1150. The Hall–Kier alpha value is -2.82. The van der Waals surface area contributed by atoms with E-state index in [1.54, 1.807) is 31.5 Å². The third kappa shape index (κ3) is 3.74. The molecule has 1 aliphatic heterocycles. The molecule has 0 radical (unpaired) electrons. The minimum absolute atomic E-state index is 0.0332. The first-order valence-corrected chi connectivity index (χ1v) is 10.4. The Morgan fingerprint density at radius 2 is 2.14 bits per heavy atom. The van der Waals surface area contributed by atoms with Crippen molar-refractivity contribution in [3.05, 3.63) is 59.8 Å². The minimum Gasteiger partial charge on any atom is -0.384 e. The first kappa shape index (κ1) is 19.5. The molecule has 3 aromatic rings. The molecule has 0 spiro atoms. The summed E-state index contributed by atoms with van der Waals surface area (Å²) in [7, 11) is -4.01. The molecule has 29 heavy (non-hydrogen) atoms. The third-order valence-electron chi connectivity index (χ3n) is 4.82. The molecule has 1 saturated heterocycles. The molecule has 0 aliphatic carbocycles. The molecule has 2 aromatic heterocycles. The van der Waals surface area contributed by atoms with Crippen LogP contribution in [0.4, 0.5) is 10.2 Å². The van der Waals surface area contributed by atoms with Gasteiger partial charge < -0.3 is 10.5 Å². The highest BCUT2D eigenvalue weighted by molar-refractivity contribution is 7.89. The number of pyridine rings is 1. The van der Waals surface area contributed by atoms with Gasteiger partial charge >= 0.3 is 0 Å². The van der Waals surface area contributed by atoms with Gasteiger partial charge in [-0.25, -0.2) is 17.8 Å². The molecule has 0 amide bonds. The maximum atomic E-state index is 14.2. The van der Waals surface area contributed by atoms with Crippen LogP contribution in [-0.4, -0.2) is 47.6 Å². The zero-order valence-electron chi connectivity index (χ0n) is 15.7. The van der Waals surface area contributed by atoms with Crippen molar-refractivity contribution in [2.24, 2.45) is 0 Å². The zero-order valence-corrected chi connectivity index (χ0v) is 16.5. The third-order valence-corrected chi connectivity index (χ3v) is 6.70. The quantitative estimate of drug-likeness (QED) is 0.673. The summed E-state index contributed by atoms with van der Waals surface area (Å²) in [6.45, 7) is 2.06. The first-order valence-electron chi connectivity index (χ1n) is 8.99. The van der Waals surface area contributed by atoms with E-state index in [4.69, 9.17) is 10.5 Å². The number of anilines is 1. The molecule has 0 saturated carbocycles. The predicted octanol–water partition coefficient (Wildman–Crippen LogP) is 2.26. The van der Waals surface area contributed by atoms with Gasteiger partial charge in [0.1, 0.15) is 22.6 Å². The van der Waals surface area contributed by atoms with Crippen molar-refractivity contribution in [2.45, 2.75) is 17.9 Å². The van der Waals surface area contributed by atoms with Crippen LogP contribution in [0.3, 0.4) is 0 Å². The Balaban J connectivity index is 1.65. The minimum atomic E-state index is -4.01. The number of aromatic nitrogens is 3. The molecular formula is C19H20FN5O3S. The number of nitrogen functional groups attached to an aromatic ring is 1. The highest BCUT2D eigenvalue weighted by Crippen LogP contribution is 2.32. The Morgan fingerprint density at radius 3 is 2.93 bits per heavy atom. The van der Waals surface area contributed by atoms with Gasteiger partial charge in [-0.1, -0.05) is 6.07 Å². The molecular weight excluding hydrogens is 397 g/mol. The van der Waals surface area contributed by atoms with Crippen molar-refractivity contribution in [3.8, 4) is 11.1 Å². The monoisotopic (exact) mass is 417 g/mol. The number of hydrogen-bond acceptors (Lipinski definition) is 6. The van der Waals surface area contributed by atoms with Gasteiger partial charge in [-0.3, -0.25) is 5.10 Å². The fraction of sp³-hybridized carbons (Fsp3) is 0.263. The number of aryl methyl sites for hydroxylation is 1. The molecule has 1 aromatic carbocycles. The molecule has 0 bridgehead atoms. The van der Waals surface area contributed by atoms with Gasteiger partial charge in [-0.15, -0.1) is 0 Å². The number of nitrogens with two attached hydrogens (primary N) is 1. The van der Waals surface area contributed by atoms with Gasteiger partial charge in [0.05, 0.1) is 18.5 Å². The summed E-state index contributed by atoms with van der Waals surface area (Å²) in [6, 6.07) is 7.53. The highest BCUT2D eigenvalue weighted by Gasteiger charge is 2.34. The van der Waals surface area contributed by atoms with E-state index in [0.29, 0.717) is 17.1 Å². The number of nitrogens with zero attached hydrogens (tertiary/aromatic N) is 3. The smallest absolute Gasteiger partial charge is 0.246 e. The maximum Gasteiger partial charge on any atom is 0.246 e. The standard InChI is InChI=1S/C19H20FN5O3S/c1-12-2-3-15(20)17(8-12)29(26,27)25-6-7-28-16(11-25)19-14(10-23-24-19)13-4-5-22-18(21)9-13/h2-5,8-10,16H,6-7,11H2,1H3,(H2,21,22)(H,23,24)/t16-/m0/s1. The highest BCUT2D eigenvalue weighted by atomic mass is 32.2. The molecule has 1 fully saturated rings. The predicted molar refractivity (Wildman–Crippen MR) is 105 cm³/mol. The average Bonchev–Trinajstić information content (AvgIpc) is 3.20. The molecule has 4 rings (SSSR count). The lowest BCUT2D eigenvalue weighted by molar-refractivity contribution is -0.00470. The lowest BCUT2D eigenvalue weighted by Gasteiger charge is -2.32. The summed E-state index contributed by atoms with van der Waals surface area (Å²) >= 11 is 0. The number of ether oxygens (including phenoxy) is 1. The molecule has 3 heterocycles. The van der Waals surface area contributed by atoms with Gasteiger partial charge in [0.15, 0.2) is 0 Å². The van der Waals surface area contributed by atoms with E-state index in [2.05, 4.69) is 15.2 Å². The zero-order chi connectivity index (χ0) is 20.6. The van der Waals surface area contributed by atoms with Crippen LogP contribution in [0.1, 0.15) is 17.4 Å². The Labute approximate surface area is 167 Å². The fourth-order valence-electron chi connectivity index (χ4n) is 3.35. The first-order chi connectivity index (χ1) is 13.9. The number of halogens is 1. The van der Waals surface area contributed by atoms with Gasteiger partial charge in [0.25, 0.3) is 0 Å². The second-order valence-electron chi connectivity index (χ2n) is 6.82. The van der Waals surface area contributed by atoms with Gasteiger partial charge in [-0.2, -0.15) is 9.40 Å². The van der Waals surface area contributed by atoms with Crippen molar-refractivity contribution < 1.29 is 17.5 Å². The van der Waals surface area contributed by atoms with Crippen molar-refractivity contribution in [1.82, 2.24) is 19.5 Å². The Kier molecular flexibility index (Phi) is 5.07. The summed E-state index contributed by atoms with van der Waals surface area (Å²) in [5, 5.41) is 6.97. The van der Waals surface area contributed by atoms with Crippen molar-refractivity contribution in [1.29, 1.82) is 0 Å². The number of rotatable bonds is 4. The van der Waals surface area contributed by atoms with Crippen LogP contribution in [0.15, 0.2) is 47.6 Å². The van der Waals surface area contributed by atoms with E-state index in [1.165, 1.54) is 22.5 Å². The topological polar surface area (TPSA) is 114 Å². The summed E-state index contributed by atoms with van der Waals surface area (Å²) in [5.74, 6) is -0.411. The second kappa shape index (κ2) is 7.54. The number of hydrogen-bond donors (Lipinski definition) is 2. The number of H-pyrrole nitrogens is 1. The van der Waals surface area contributed by atoms with Gasteiger partial charge in [0, 0.05) is 24.8 Å². The van der Waals surface area contributed by atoms with E-state index in [0.717, 1.165) is 11.1 Å². The molecule has 3 N–H and O–H groups in total. The lowest BCUT2D eigenvalue weighted by Crippen LogP contribution is -2.42. The fourth-order valence-corrected chi connectivity index (χ4v) is 4.93.